The van der Waals surface area contributed by atoms with E-state index in [9.17, 15) is 0 Å². The smallest absolute Gasteiger partial charge is 0.231 e. The molecule has 0 aliphatic carbocycles. The molecule has 0 spiro atoms. The second-order valence-electron chi connectivity index (χ2n) is 6.64. The summed E-state index contributed by atoms with van der Waals surface area (Å²) in [5.41, 5.74) is 3.25. The number of aryl methyl sites for hydroxylation is 1. The first-order valence-electron chi connectivity index (χ1n) is 9.26. The fourth-order valence-electron chi connectivity index (χ4n) is 2.82. The van der Waals surface area contributed by atoms with Crippen molar-refractivity contribution in [2.24, 2.45) is 0 Å². The average molecular weight is 362 g/mol. The highest BCUT2D eigenvalue weighted by atomic mass is 16.5. The van der Waals surface area contributed by atoms with Crippen LogP contribution >= 0.6 is 0 Å². The molecule has 1 N–H and O–H groups in total. The van der Waals surface area contributed by atoms with Gasteiger partial charge >= 0.3 is 0 Å². The van der Waals surface area contributed by atoms with Crippen LogP contribution in [0.3, 0.4) is 0 Å². The predicted octanol–water partition coefficient (Wildman–Crippen LogP) is 5.47. The van der Waals surface area contributed by atoms with E-state index in [-0.39, 0.29) is 6.10 Å². The average Bonchev–Trinajstić information content (AvgIpc) is 2.64. The maximum atomic E-state index is 5.68. The van der Waals surface area contributed by atoms with Crippen LogP contribution in [0, 0.1) is 6.92 Å². The van der Waals surface area contributed by atoms with Crippen molar-refractivity contribution in [2.45, 2.75) is 33.8 Å². The predicted molar refractivity (Wildman–Crippen MR) is 111 cm³/mol. The number of rotatable bonds is 7. The van der Waals surface area contributed by atoms with E-state index in [1.807, 2.05) is 44.2 Å². The number of hydrogen-bond donors (Lipinski definition) is 1. The second kappa shape index (κ2) is 8.54. The molecule has 0 amide bonds. The summed E-state index contributed by atoms with van der Waals surface area (Å²) in [6.07, 6.45) is 1.94. The first-order valence-corrected chi connectivity index (χ1v) is 9.26. The zero-order valence-electron chi connectivity index (χ0n) is 16.3. The Morgan fingerprint density at radius 1 is 1.07 bits per heavy atom. The highest BCUT2D eigenvalue weighted by Gasteiger charge is 2.11. The lowest BCUT2D eigenvalue weighted by Gasteiger charge is -2.21. The van der Waals surface area contributed by atoms with E-state index in [4.69, 9.17) is 4.74 Å². The van der Waals surface area contributed by atoms with E-state index in [1.54, 1.807) is 6.20 Å². The van der Waals surface area contributed by atoms with Crippen LogP contribution in [0.15, 0.2) is 60.8 Å². The maximum Gasteiger partial charge on any atom is 0.231 e. The Balaban J connectivity index is 1.78. The van der Waals surface area contributed by atoms with Gasteiger partial charge in [0.25, 0.3) is 0 Å². The van der Waals surface area contributed by atoms with Gasteiger partial charge in [-0.15, -0.1) is 0 Å². The van der Waals surface area contributed by atoms with Crippen LogP contribution in [0.1, 0.15) is 26.3 Å². The topological polar surface area (TPSA) is 50.3 Å². The minimum atomic E-state index is 0.162. The summed E-state index contributed by atoms with van der Waals surface area (Å²) in [5.74, 6) is 2.28. The number of nitrogens with one attached hydrogen (secondary N) is 1. The summed E-state index contributed by atoms with van der Waals surface area (Å²) in [6, 6.07) is 18.1. The molecule has 5 nitrogen and oxygen atoms in total. The van der Waals surface area contributed by atoms with Gasteiger partial charge in [-0.05, 0) is 75.7 Å². The molecule has 0 bridgehead atoms. The number of benzene rings is 2. The SMILES string of the molecule is CCN(c1cccc(C)c1)c1nccc(Nc2ccc(OC(C)C)cc2)n1. The van der Waals surface area contributed by atoms with E-state index >= 15 is 0 Å². The van der Waals surface area contributed by atoms with Gasteiger partial charge in [-0.1, -0.05) is 12.1 Å². The lowest BCUT2D eigenvalue weighted by molar-refractivity contribution is 0.242. The third-order valence-electron chi connectivity index (χ3n) is 4.01. The summed E-state index contributed by atoms with van der Waals surface area (Å²) in [7, 11) is 0. The zero-order valence-corrected chi connectivity index (χ0v) is 16.3. The normalized spacial score (nSPS) is 10.7. The summed E-state index contributed by atoms with van der Waals surface area (Å²) < 4.78 is 5.68. The Morgan fingerprint density at radius 2 is 1.85 bits per heavy atom. The van der Waals surface area contributed by atoms with E-state index < -0.39 is 0 Å². The van der Waals surface area contributed by atoms with Gasteiger partial charge in [-0.2, -0.15) is 4.98 Å². The van der Waals surface area contributed by atoms with Crippen LogP contribution in [0.2, 0.25) is 0 Å². The van der Waals surface area contributed by atoms with Crippen LogP contribution < -0.4 is 15.0 Å². The molecule has 0 saturated carbocycles. The standard InChI is InChI=1S/C22H26N4O/c1-5-26(19-8-6-7-17(4)15-19)22-23-14-13-21(25-22)24-18-9-11-20(12-10-18)27-16(2)3/h6-16H,5H2,1-4H3,(H,23,24,25). The molecule has 0 radical (unpaired) electrons. The Hall–Kier alpha value is -3.08. The Bertz CT molecular complexity index is 877. The monoisotopic (exact) mass is 362 g/mol. The summed E-state index contributed by atoms with van der Waals surface area (Å²) in [6.45, 7) is 9.00. The number of nitrogens with zero attached hydrogens (tertiary/aromatic N) is 3. The third kappa shape index (κ3) is 4.97. The Kier molecular flexibility index (Phi) is 5.91. The lowest BCUT2D eigenvalue weighted by atomic mass is 10.2. The van der Waals surface area contributed by atoms with Crippen LogP contribution in [-0.2, 0) is 0 Å². The van der Waals surface area contributed by atoms with E-state index in [2.05, 4.69) is 58.3 Å². The van der Waals surface area contributed by atoms with Crippen molar-refractivity contribution < 1.29 is 4.74 Å². The van der Waals surface area contributed by atoms with Gasteiger partial charge in [0.1, 0.15) is 11.6 Å². The molecule has 2 aromatic carbocycles. The molecule has 3 aromatic rings. The van der Waals surface area contributed by atoms with Crippen molar-refractivity contribution in [3.63, 3.8) is 0 Å². The van der Waals surface area contributed by atoms with Gasteiger partial charge in [0.2, 0.25) is 5.95 Å². The first kappa shape index (κ1) is 18.7. The fraction of sp³-hybridized carbons (Fsp3) is 0.273. The van der Waals surface area contributed by atoms with Crippen LogP contribution in [0.25, 0.3) is 0 Å². The van der Waals surface area contributed by atoms with Crippen LogP contribution in [0.4, 0.5) is 23.1 Å². The van der Waals surface area contributed by atoms with Crippen molar-refractivity contribution in [1.82, 2.24) is 9.97 Å². The summed E-state index contributed by atoms with van der Waals surface area (Å²) in [5, 5.41) is 3.33. The van der Waals surface area contributed by atoms with Gasteiger partial charge in [-0.3, -0.25) is 0 Å². The molecule has 1 aromatic heterocycles. The lowest BCUT2D eigenvalue weighted by Crippen LogP contribution is -2.19. The number of anilines is 4. The van der Waals surface area contributed by atoms with Gasteiger partial charge in [-0.25, -0.2) is 4.98 Å². The minimum Gasteiger partial charge on any atom is -0.491 e. The molecule has 140 valence electrons. The molecular formula is C22H26N4O. The third-order valence-corrected chi connectivity index (χ3v) is 4.01. The van der Waals surface area contributed by atoms with Gasteiger partial charge in [0, 0.05) is 24.1 Å². The van der Waals surface area contributed by atoms with E-state index in [0.29, 0.717) is 5.95 Å². The molecule has 0 fully saturated rings. The van der Waals surface area contributed by atoms with Gasteiger partial charge in [0.05, 0.1) is 6.10 Å². The molecule has 0 unspecified atom stereocenters. The van der Waals surface area contributed by atoms with E-state index in [1.165, 1.54) is 5.56 Å². The van der Waals surface area contributed by atoms with Crippen molar-refractivity contribution in [3.8, 4) is 5.75 Å². The molecular weight excluding hydrogens is 336 g/mol. The Morgan fingerprint density at radius 3 is 2.52 bits per heavy atom. The largest absolute Gasteiger partial charge is 0.491 e. The highest BCUT2D eigenvalue weighted by molar-refractivity contribution is 5.62. The second-order valence-corrected chi connectivity index (χ2v) is 6.64. The van der Waals surface area contributed by atoms with Gasteiger partial charge < -0.3 is 15.0 Å². The number of ether oxygens (including phenoxy) is 1. The van der Waals surface area contributed by atoms with Crippen molar-refractivity contribution in [3.05, 3.63) is 66.4 Å². The maximum absolute atomic E-state index is 5.68. The van der Waals surface area contributed by atoms with Crippen molar-refractivity contribution >= 4 is 23.1 Å². The van der Waals surface area contributed by atoms with Crippen LogP contribution in [-0.4, -0.2) is 22.6 Å². The molecule has 5 heteroatoms. The zero-order chi connectivity index (χ0) is 19.2. The number of aromatic nitrogens is 2. The number of hydrogen-bond acceptors (Lipinski definition) is 5. The minimum absolute atomic E-state index is 0.162. The molecule has 3 rings (SSSR count). The molecule has 0 atom stereocenters. The molecule has 1 heterocycles. The molecule has 0 aliphatic rings. The fourth-order valence-corrected chi connectivity index (χ4v) is 2.82. The van der Waals surface area contributed by atoms with Gasteiger partial charge in [0.15, 0.2) is 0 Å². The van der Waals surface area contributed by atoms with Crippen LogP contribution in [0.5, 0.6) is 5.75 Å². The highest BCUT2D eigenvalue weighted by Crippen LogP contribution is 2.25. The first-order chi connectivity index (χ1) is 13.0. The molecule has 0 aliphatic heterocycles. The van der Waals surface area contributed by atoms with E-state index in [0.717, 1.165) is 29.5 Å². The summed E-state index contributed by atoms with van der Waals surface area (Å²) >= 11 is 0. The van der Waals surface area contributed by atoms with Crippen molar-refractivity contribution in [1.29, 1.82) is 0 Å². The van der Waals surface area contributed by atoms with Crippen molar-refractivity contribution in [2.75, 3.05) is 16.8 Å². The quantitative estimate of drug-likeness (QED) is 0.603. The summed E-state index contributed by atoms with van der Waals surface area (Å²) in [4.78, 5) is 11.2. The Labute approximate surface area is 161 Å². The molecule has 27 heavy (non-hydrogen) atoms. The molecule has 0 saturated heterocycles.